The van der Waals surface area contributed by atoms with E-state index in [0.29, 0.717) is 11.1 Å². The van der Waals surface area contributed by atoms with Gasteiger partial charge in [-0.2, -0.15) is 0 Å². The van der Waals surface area contributed by atoms with Gasteiger partial charge in [-0.25, -0.2) is 17.2 Å². The lowest BCUT2D eigenvalue weighted by Gasteiger charge is -2.20. The number of H-pyrrole nitrogens is 1. The first-order chi connectivity index (χ1) is 19.9. The molecule has 13 heteroatoms. The van der Waals surface area contributed by atoms with Crippen molar-refractivity contribution in [1.82, 2.24) is 15.6 Å². The van der Waals surface area contributed by atoms with Crippen LogP contribution in [0.2, 0.25) is 0 Å². The molecule has 42 heavy (non-hydrogen) atoms. The lowest BCUT2D eigenvalue weighted by Crippen LogP contribution is -2.32. The van der Waals surface area contributed by atoms with Crippen LogP contribution in [0.4, 0.5) is 14.5 Å². The molecule has 0 saturated heterocycles. The molecule has 0 saturated carbocycles. The van der Waals surface area contributed by atoms with Gasteiger partial charge in [-0.3, -0.25) is 18.7 Å². The van der Waals surface area contributed by atoms with E-state index in [1.165, 1.54) is 68.7 Å². The number of carbonyl (C=O) groups is 3. The number of anilines is 1. The van der Waals surface area contributed by atoms with Crippen molar-refractivity contribution < 1.29 is 36.0 Å². The van der Waals surface area contributed by atoms with Gasteiger partial charge in [-0.05, 0) is 48.5 Å². The zero-order valence-electron chi connectivity index (χ0n) is 22.5. The highest BCUT2D eigenvalue weighted by Crippen LogP contribution is 2.38. The van der Waals surface area contributed by atoms with Gasteiger partial charge in [0.15, 0.2) is 5.78 Å². The first-order valence-electron chi connectivity index (χ1n) is 12.5. The smallest absolute Gasteiger partial charge is 0.255 e. The average molecular weight is 595 g/mol. The number of nitrogens with zero attached hydrogens (tertiary/aromatic N) is 1. The zero-order chi connectivity index (χ0) is 30.3. The molecule has 0 aliphatic heterocycles. The Bertz CT molecular complexity index is 2000. The van der Waals surface area contributed by atoms with Crippen LogP contribution in [0.1, 0.15) is 31.2 Å². The molecule has 216 valence electrons. The second kappa shape index (κ2) is 10.7. The Labute approximate surface area is 238 Å². The van der Waals surface area contributed by atoms with Gasteiger partial charge in [0.25, 0.3) is 11.8 Å². The minimum absolute atomic E-state index is 0.0397. The van der Waals surface area contributed by atoms with Crippen molar-refractivity contribution in [3.8, 4) is 11.3 Å². The molecule has 10 nitrogen and oxygen atoms in total. The molecule has 0 spiro atoms. The number of Topliss-reactive ketones (excluding diaryl/α,β-unsaturated/α-hetero) is 1. The fourth-order valence-electron chi connectivity index (χ4n) is 4.53. The summed E-state index contributed by atoms with van der Waals surface area (Å²) in [4.78, 5) is 42.1. The lowest BCUT2D eigenvalue weighted by molar-refractivity contribution is 0.0903. The molecule has 0 radical (unpaired) electrons. The van der Waals surface area contributed by atoms with Crippen LogP contribution < -0.4 is 14.9 Å². The number of furan rings is 1. The van der Waals surface area contributed by atoms with E-state index in [0.717, 1.165) is 10.6 Å². The average Bonchev–Trinajstić information content (AvgIpc) is 3.57. The van der Waals surface area contributed by atoms with Gasteiger partial charge in [0.1, 0.15) is 23.0 Å². The van der Waals surface area contributed by atoms with E-state index < -0.39 is 45.8 Å². The van der Waals surface area contributed by atoms with Crippen LogP contribution in [-0.2, 0) is 10.0 Å². The van der Waals surface area contributed by atoms with Crippen LogP contribution in [0.3, 0.4) is 0 Å². The molecular formula is C29H24F2N4O6S. The van der Waals surface area contributed by atoms with Crippen molar-refractivity contribution >= 4 is 55.2 Å². The number of halogens is 2. The Morgan fingerprint density at radius 3 is 2.33 bits per heavy atom. The van der Waals surface area contributed by atoms with Crippen molar-refractivity contribution in [2.24, 2.45) is 0 Å². The molecule has 3 aromatic carbocycles. The highest BCUT2D eigenvalue weighted by molar-refractivity contribution is 7.92. The van der Waals surface area contributed by atoms with E-state index in [9.17, 15) is 31.6 Å². The number of benzene rings is 3. The number of nitrogens with one attached hydrogen (secondary N) is 3. The van der Waals surface area contributed by atoms with E-state index in [2.05, 4.69) is 15.6 Å². The Balaban J connectivity index is 1.57. The molecule has 2 aromatic heterocycles. The van der Waals surface area contributed by atoms with Crippen LogP contribution in [0.5, 0.6) is 0 Å². The second-order valence-corrected chi connectivity index (χ2v) is 11.5. The van der Waals surface area contributed by atoms with Gasteiger partial charge in [-0.1, -0.05) is 6.07 Å². The van der Waals surface area contributed by atoms with Crippen LogP contribution >= 0.6 is 0 Å². The third-order valence-corrected chi connectivity index (χ3v) is 7.96. The summed E-state index contributed by atoms with van der Waals surface area (Å²) in [6.07, 6.45) is 0.944. The van der Waals surface area contributed by atoms with Gasteiger partial charge in [0.2, 0.25) is 10.0 Å². The van der Waals surface area contributed by atoms with Crippen molar-refractivity contribution in [2.75, 3.05) is 31.2 Å². The van der Waals surface area contributed by atoms with Gasteiger partial charge in [0, 0.05) is 42.0 Å². The third kappa shape index (κ3) is 5.21. The predicted molar refractivity (Wildman–Crippen MR) is 153 cm³/mol. The van der Waals surface area contributed by atoms with Crippen LogP contribution in [0, 0.1) is 11.6 Å². The summed E-state index contributed by atoms with van der Waals surface area (Å²) >= 11 is 0. The molecule has 0 bridgehead atoms. The maximum Gasteiger partial charge on any atom is 0.255 e. The normalized spacial score (nSPS) is 11.5. The van der Waals surface area contributed by atoms with Crippen LogP contribution in [-0.4, -0.2) is 57.9 Å². The lowest BCUT2D eigenvalue weighted by atomic mass is 10.0. The van der Waals surface area contributed by atoms with Gasteiger partial charge >= 0.3 is 0 Å². The summed E-state index contributed by atoms with van der Waals surface area (Å²) in [5, 5.41) is 5.39. The minimum atomic E-state index is -3.87. The van der Waals surface area contributed by atoms with Crippen molar-refractivity contribution in [1.29, 1.82) is 0 Å². The monoisotopic (exact) mass is 594 g/mol. The standard InChI is InChI=1S/C29H24F2N4O6S/c1-32-29(38)26-19-11-18(28(37)33-14-24(36)22-12-17-20(31)5-4-6-21(17)34-22)23(35(2)42(3,39)40)13-25(19)41-27(26)15-7-9-16(30)10-8-15/h4-13,34H,14H2,1-3H3,(H,32,38)(H,33,37). The molecule has 0 atom stereocenters. The maximum absolute atomic E-state index is 14.1. The third-order valence-electron chi connectivity index (χ3n) is 6.77. The molecular weight excluding hydrogens is 570 g/mol. The van der Waals surface area contributed by atoms with Gasteiger partial charge in [-0.15, -0.1) is 0 Å². The number of sulfonamides is 1. The number of carbonyl (C=O) groups excluding carboxylic acids is 3. The van der Waals surface area contributed by atoms with Crippen molar-refractivity contribution in [3.63, 3.8) is 0 Å². The summed E-state index contributed by atoms with van der Waals surface area (Å²) in [7, 11) is -1.24. The number of rotatable bonds is 8. The number of aromatic amines is 1. The highest BCUT2D eigenvalue weighted by atomic mass is 32.2. The Hall–Kier alpha value is -5.04. The molecule has 2 heterocycles. The summed E-state index contributed by atoms with van der Waals surface area (Å²) in [6, 6.07) is 13.5. The number of amides is 2. The topological polar surface area (TPSA) is 142 Å². The van der Waals surface area contributed by atoms with E-state index in [1.807, 2.05) is 0 Å². The Morgan fingerprint density at radius 1 is 0.976 bits per heavy atom. The maximum atomic E-state index is 14.1. The first-order valence-corrected chi connectivity index (χ1v) is 14.3. The quantitative estimate of drug-likeness (QED) is 0.230. The highest BCUT2D eigenvalue weighted by Gasteiger charge is 2.27. The van der Waals surface area contributed by atoms with Crippen LogP contribution in [0.25, 0.3) is 33.2 Å². The molecule has 0 unspecified atom stereocenters. The largest absolute Gasteiger partial charge is 0.455 e. The van der Waals surface area contributed by atoms with E-state index in [4.69, 9.17) is 4.42 Å². The van der Waals surface area contributed by atoms with Gasteiger partial charge < -0.3 is 20.0 Å². The number of aromatic nitrogens is 1. The van der Waals surface area contributed by atoms with E-state index in [-0.39, 0.29) is 44.6 Å². The predicted octanol–water partition coefficient (Wildman–Crippen LogP) is 4.23. The molecule has 0 fully saturated rings. The number of hydrogen-bond donors (Lipinski definition) is 3. The minimum Gasteiger partial charge on any atom is -0.455 e. The molecule has 5 rings (SSSR count). The van der Waals surface area contributed by atoms with E-state index >= 15 is 0 Å². The van der Waals surface area contributed by atoms with Crippen molar-refractivity contribution in [2.45, 2.75) is 0 Å². The zero-order valence-corrected chi connectivity index (χ0v) is 23.4. The fourth-order valence-corrected chi connectivity index (χ4v) is 5.04. The summed E-state index contributed by atoms with van der Waals surface area (Å²) in [6.45, 7) is -0.498. The second-order valence-electron chi connectivity index (χ2n) is 9.48. The molecule has 0 aliphatic carbocycles. The number of fused-ring (bicyclic) bond motifs is 2. The summed E-state index contributed by atoms with van der Waals surface area (Å²) in [5.41, 5.74) is 0.735. The van der Waals surface area contributed by atoms with Crippen LogP contribution in [0.15, 0.2) is 65.1 Å². The SMILES string of the molecule is CNC(=O)c1c(-c2ccc(F)cc2)oc2cc(N(C)S(C)(=O)=O)c(C(=O)NCC(=O)c3cc4c(F)cccc4[nH]3)cc12. The summed E-state index contributed by atoms with van der Waals surface area (Å²) in [5.74, 6) is -2.86. The van der Waals surface area contributed by atoms with Crippen molar-refractivity contribution in [3.05, 3.63) is 89.1 Å². The number of hydrogen-bond acceptors (Lipinski definition) is 6. The molecule has 3 N–H and O–H groups in total. The molecule has 5 aromatic rings. The fraction of sp³-hybridized carbons (Fsp3) is 0.138. The van der Waals surface area contributed by atoms with E-state index in [1.54, 1.807) is 6.07 Å². The molecule has 2 amide bonds. The summed E-state index contributed by atoms with van der Waals surface area (Å²) < 4.78 is 59.4. The first kappa shape index (κ1) is 28.5. The number of ketones is 1. The Morgan fingerprint density at radius 2 is 1.69 bits per heavy atom. The van der Waals surface area contributed by atoms with Gasteiger partial charge in [0.05, 0.1) is 35.3 Å². The Kier molecular flexibility index (Phi) is 7.29. The molecule has 0 aliphatic rings.